The minimum atomic E-state index is -0.0693. The van der Waals surface area contributed by atoms with Crippen molar-refractivity contribution < 1.29 is 9.53 Å². The first-order valence-electron chi connectivity index (χ1n) is 9.92. The number of nitrogens with one attached hydrogen (secondary N) is 1. The zero-order chi connectivity index (χ0) is 18.9. The van der Waals surface area contributed by atoms with Gasteiger partial charge < -0.3 is 15.0 Å². The van der Waals surface area contributed by atoms with Crippen molar-refractivity contribution in [1.82, 2.24) is 20.0 Å². The lowest BCUT2D eigenvalue weighted by molar-refractivity contribution is 0.0275. The lowest BCUT2D eigenvalue weighted by Crippen LogP contribution is -2.37. The van der Waals surface area contributed by atoms with Crippen molar-refractivity contribution in [2.75, 3.05) is 20.2 Å². The van der Waals surface area contributed by atoms with Crippen LogP contribution in [-0.2, 0) is 11.3 Å². The Balaban J connectivity index is 1.35. The van der Waals surface area contributed by atoms with E-state index in [1.165, 1.54) is 32.1 Å². The number of carbonyl (C=O) groups is 1. The Morgan fingerprint density at radius 1 is 1.26 bits per heavy atom. The van der Waals surface area contributed by atoms with Gasteiger partial charge in [-0.05, 0) is 31.4 Å². The molecule has 0 aliphatic heterocycles. The molecule has 0 unspecified atom stereocenters. The summed E-state index contributed by atoms with van der Waals surface area (Å²) in [5.74, 6) is 0. The first-order chi connectivity index (χ1) is 13.2. The molecule has 0 saturated heterocycles. The Bertz CT molecular complexity index is 695. The van der Waals surface area contributed by atoms with Crippen LogP contribution in [0, 0.1) is 0 Å². The van der Waals surface area contributed by atoms with E-state index in [0.717, 1.165) is 24.3 Å². The molecule has 27 heavy (non-hydrogen) atoms. The second-order valence-corrected chi connectivity index (χ2v) is 7.20. The second-order valence-electron chi connectivity index (χ2n) is 7.20. The number of benzene rings is 1. The van der Waals surface area contributed by atoms with Gasteiger partial charge in [-0.25, -0.2) is 9.48 Å². The van der Waals surface area contributed by atoms with Crippen LogP contribution < -0.4 is 5.32 Å². The van der Waals surface area contributed by atoms with Crippen LogP contribution in [0.4, 0.5) is 4.79 Å². The molecule has 2 amide bonds. The van der Waals surface area contributed by atoms with Crippen molar-refractivity contribution in [2.45, 2.75) is 51.2 Å². The Hall–Kier alpha value is -2.34. The summed E-state index contributed by atoms with van der Waals surface area (Å²) in [5, 5.41) is 7.33. The third-order valence-corrected chi connectivity index (χ3v) is 4.93. The maximum Gasteiger partial charge on any atom is 0.317 e. The average molecular weight is 370 g/mol. The highest BCUT2D eigenvalue weighted by Crippen LogP contribution is 2.20. The Labute approximate surface area is 161 Å². The highest BCUT2D eigenvalue weighted by molar-refractivity contribution is 5.73. The summed E-state index contributed by atoms with van der Waals surface area (Å²) < 4.78 is 7.71. The molecule has 2 aromatic rings. The van der Waals surface area contributed by atoms with E-state index >= 15 is 0 Å². The van der Waals surface area contributed by atoms with Gasteiger partial charge in [0, 0.05) is 32.0 Å². The largest absolute Gasteiger partial charge is 0.378 e. The van der Waals surface area contributed by atoms with E-state index in [1.54, 1.807) is 18.1 Å². The van der Waals surface area contributed by atoms with Gasteiger partial charge in [0.2, 0.25) is 0 Å². The Morgan fingerprint density at radius 3 is 2.81 bits per heavy atom. The number of nitrogens with zero attached hydrogens (tertiary/aromatic N) is 3. The molecule has 0 bridgehead atoms. The van der Waals surface area contributed by atoms with E-state index < -0.39 is 0 Å². The van der Waals surface area contributed by atoms with Gasteiger partial charge in [-0.2, -0.15) is 5.10 Å². The summed E-state index contributed by atoms with van der Waals surface area (Å²) in [5.41, 5.74) is 2.01. The number of rotatable bonds is 8. The number of ether oxygens (including phenoxy) is 1. The topological polar surface area (TPSA) is 59.4 Å². The van der Waals surface area contributed by atoms with Crippen LogP contribution in [0.2, 0.25) is 0 Å². The van der Waals surface area contributed by atoms with E-state index in [1.807, 2.05) is 41.2 Å². The fraction of sp³-hybridized carbons (Fsp3) is 0.524. The molecule has 146 valence electrons. The van der Waals surface area contributed by atoms with E-state index in [-0.39, 0.29) is 6.03 Å². The third-order valence-electron chi connectivity index (χ3n) is 4.93. The number of urea groups is 1. The molecule has 1 aliphatic rings. The standard InChI is InChI=1S/C21H30N4O2/c1-24(16-18-15-23-25(17-18)19-9-4-2-5-10-19)21(26)22-13-8-14-27-20-11-6-3-7-12-20/h2,4-5,9-10,15,17,20H,3,6-8,11-14,16H2,1H3,(H,22,26). The lowest BCUT2D eigenvalue weighted by atomic mass is 9.98. The molecule has 0 atom stereocenters. The quantitative estimate of drug-likeness (QED) is 0.720. The molecule has 3 rings (SSSR count). The molecule has 1 fully saturated rings. The molecular weight excluding hydrogens is 340 g/mol. The first kappa shape index (κ1) is 19.4. The highest BCUT2D eigenvalue weighted by Gasteiger charge is 2.13. The predicted octanol–water partition coefficient (Wildman–Crippen LogP) is 3.75. The molecule has 1 aromatic heterocycles. The normalized spacial score (nSPS) is 14.9. The van der Waals surface area contributed by atoms with Gasteiger partial charge >= 0.3 is 6.03 Å². The van der Waals surface area contributed by atoms with Crippen LogP contribution in [-0.4, -0.2) is 47.0 Å². The number of para-hydroxylation sites is 1. The van der Waals surface area contributed by atoms with Crippen LogP contribution in [0.1, 0.15) is 44.1 Å². The van der Waals surface area contributed by atoms with Gasteiger partial charge in [-0.3, -0.25) is 0 Å². The molecule has 6 nitrogen and oxygen atoms in total. The van der Waals surface area contributed by atoms with E-state index in [0.29, 0.717) is 19.2 Å². The third kappa shape index (κ3) is 6.10. The molecule has 6 heteroatoms. The van der Waals surface area contributed by atoms with Crippen molar-refractivity contribution >= 4 is 6.03 Å². The summed E-state index contributed by atoms with van der Waals surface area (Å²) in [7, 11) is 1.80. The highest BCUT2D eigenvalue weighted by atomic mass is 16.5. The van der Waals surface area contributed by atoms with Crippen LogP contribution in [0.25, 0.3) is 5.69 Å². The molecule has 1 N–H and O–H groups in total. The van der Waals surface area contributed by atoms with Gasteiger partial charge in [0.15, 0.2) is 0 Å². The molecule has 1 saturated carbocycles. The summed E-state index contributed by atoms with van der Waals surface area (Å²) >= 11 is 0. The molecule has 1 heterocycles. The molecule has 0 radical (unpaired) electrons. The first-order valence-corrected chi connectivity index (χ1v) is 9.92. The zero-order valence-electron chi connectivity index (χ0n) is 16.1. The minimum absolute atomic E-state index is 0.0693. The fourth-order valence-electron chi connectivity index (χ4n) is 3.39. The maximum atomic E-state index is 12.2. The van der Waals surface area contributed by atoms with Gasteiger partial charge in [-0.15, -0.1) is 0 Å². The minimum Gasteiger partial charge on any atom is -0.378 e. The van der Waals surface area contributed by atoms with E-state index in [4.69, 9.17) is 4.74 Å². The van der Waals surface area contributed by atoms with Crippen molar-refractivity contribution in [3.05, 3.63) is 48.3 Å². The predicted molar refractivity (Wildman–Crippen MR) is 106 cm³/mol. The summed E-state index contributed by atoms with van der Waals surface area (Å²) in [6.07, 6.45) is 11.3. The fourth-order valence-corrected chi connectivity index (χ4v) is 3.39. The lowest BCUT2D eigenvalue weighted by Gasteiger charge is -2.22. The number of amides is 2. The summed E-state index contributed by atoms with van der Waals surface area (Å²) in [6, 6.07) is 9.88. The molecule has 1 aromatic carbocycles. The van der Waals surface area contributed by atoms with Gasteiger partial charge in [0.25, 0.3) is 0 Å². The van der Waals surface area contributed by atoms with Crippen LogP contribution in [0.15, 0.2) is 42.7 Å². The number of hydrogen-bond donors (Lipinski definition) is 1. The number of aromatic nitrogens is 2. The molecular formula is C21H30N4O2. The van der Waals surface area contributed by atoms with Crippen molar-refractivity contribution in [3.63, 3.8) is 0 Å². The van der Waals surface area contributed by atoms with Crippen molar-refractivity contribution in [2.24, 2.45) is 0 Å². The van der Waals surface area contributed by atoms with Crippen LogP contribution in [0.5, 0.6) is 0 Å². The Kier molecular flexibility index (Phi) is 7.27. The number of carbonyl (C=O) groups excluding carboxylic acids is 1. The van der Waals surface area contributed by atoms with E-state index in [2.05, 4.69) is 10.4 Å². The summed E-state index contributed by atoms with van der Waals surface area (Å²) in [4.78, 5) is 13.9. The van der Waals surface area contributed by atoms with Crippen molar-refractivity contribution in [1.29, 1.82) is 0 Å². The van der Waals surface area contributed by atoms with Gasteiger partial charge in [0.05, 0.1) is 24.5 Å². The smallest absolute Gasteiger partial charge is 0.317 e. The van der Waals surface area contributed by atoms with Crippen molar-refractivity contribution in [3.8, 4) is 5.69 Å². The molecule has 0 spiro atoms. The van der Waals surface area contributed by atoms with Gasteiger partial charge in [-0.1, -0.05) is 37.5 Å². The Morgan fingerprint density at radius 2 is 2.04 bits per heavy atom. The van der Waals surface area contributed by atoms with Gasteiger partial charge in [0.1, 0.15) is 0 Å². The maximum absolute atomic E-state index is 12.2. The molecule has 1 aliphatic carbocycles. The SMILES string of the molecule is CN(Cc1cnn(-c2ccccc2)c1)C(=O)NCCCOC1CCCCC1. The second kappa shape index (κ2) is 10.1. The van der Waals surface area contributed by atoms with E-state index in [9.17, 15) is 4.79 Å². The van der Waals surface area contributed by atoms with Crippen LogP contribution >= 0.6 is 0 Å². The zero-order valence-corrected chi connectivity index (χ0v) is 16.1. The number of hydrogen-bond acceptors (Lipinski definition) is 3. The van der Waals surface area contributed by atoms with Crippen LogP contribution in [0.3, 0.4) is 0 Å². The monoisotopic (exact) mass is 370 g/mol. The average Bonchev–Trinajstić information content (AvgIpc) is 3.17. The summed E-state index contributed by atoms with van der Waals surface area (Å²) in [6.45, 7) is 1.88.